The predicted molar refractivity (Wildman–Crippen MR) is 180 cm³/mol. The van der Waals surface area contributed by atoms with Gasteiger partial charge in [0.1, 0.15) is 0 Å². The zero-order valence-corrected chi connectivity index (χ0v) is 28.2. The molecule has 3 amide bonds. The Bertz CT molecular complexity index is 1710. The highest BCUT2D eigenvalue weighted by Crippen LogP contribution is 2.61. The average Bonchev–Trinajstić information content (AvgIpc) is 3.72. The van der Waals surface area contributed by atoms with Crippen molar-refractivity contribution in [2.45, 2.75) is 82.0 Å². The molecule has 8 nitrogen and oxygen atoms in total. The van der Waals surface area contributed by atoms with Crippen molar-refractivity contribution in [2.24, 2.45) is 5.92 Å². The summed E-state index contributed by atoms with van der Waals surface area (Å²) in [7, 11) is -3.51. The Kier molecular flexibility index (Phi) is 8.09. The molecule has 4 aliphatic heterocycles. The van der Waals surface area contributed by atoms with E-state index in [-0.39, 0.29) is 36.8 Å². The summed E-state index contributed by atoms with van der Waals surface area (Å²) >= 11 is 0. The molecular formula is C37H42FN3O5Si. The molecule has 0 saturated carbocycles. The van der Waals surface area contributed by atoms with Gasteiger partial charge in [0, 0.05) is 35.7 Å². The van der Waals surface area contributed by atoms with E-state index in [0.29, 0.717) is 42.9 Å². The summed E-state index contributed by atoms with van der Waals surface area (Å²) in [5.74, 6) is -1.08. The molecule has 4 heterocycles. The number of anilines is 3. The van der Waals surface area contributed by atoms with Gasteiger partial charge >= 0.3 is 0 Å². The van der Waals surface area contributed by atoms with Crippen LogP contribution in [0.2, 0.25) is 18.6 Å². The van der Waals surface area contributed by atoms with Crippen LogP contribution < -0.4 is 9.80 Å². The number of hydrogen-bond acceptors (Lipinski definition) is 5. The van der Waals surface area contributed by atoms with Gasteiger partial charge in [0.2, 0.25) is 20.2 Å². The number of carbonyl (C=O) groups is 3. The maximum absolute atomic E-state index is 16.5. The first kappa shape index (κ1) is 31.7. The first-order chi connectivity index (χ1) is 22.5. The highest BCUT2D eigenvalue weighted by Gasteiger charge is 2.67. The molecule has 3 aromatic carbocycles. The van der Waals surface area contributed by atoms with Gasteiger partial charge in [0.15, 0.2) is 5.60 Å². The standard InChI is InChI=1S/C37H42FN3O5Si/c1-24-35(47(2,3)38)32(21-34(44)39-19-9-13-28(39)23-42)46-37(24)29-20-27(41-30-14-8-7-12-26(30)15-18-33(41)43)16-17-31(29)40(36(37)45)22-25-10-5-4-6-11-25/h4-8,10-12,14,16-17,20,24,28,32,35,42H,9,13,15,18-19,21-23H2,1-3H3/t24-,28+,32+,35-,37+/m1/s1. The van der Waals surface area contributed by atoms with Gasteiger partial charge in [-0.25, -0.2) is 0 Å². The lowest BCUT2D eigenvalue weighted by Crippen LogP contribution is -2.45. The molecule has 5 atom stereocenters. The van der Waals surface area contributed by atoms with Crippen molar-refractivity contribution in [1.82, 2.24) is 4.90 Å². The third-order valence-electron chi connectivity index (χ3n) is 10.8. The van der Waals surface area contributed by atoms with Crippen molar-refractivity contribution < 1.29 is 28.3 Å². The van der Waals surface area contributed by atoms with Gasteiger partial charge in [-0.3, -0.25) is 19.3 Å². The Morgan fingerprint density at radius 2 is 1.77 bits per heavy atom. The van der Waals surface area contributed by atoms with Gasteiger partial charge < -0.3 is 23.8 Å². The van der Waals surface area contributed by atoms with Crippen molar-refractivity contribution in [3.8, 4) is 0 Å². The first-order valence-electron chi connectivity index (χ1n) is 16.7. The number of fused-ring (bicyclic) bond motifs is 3. The number of aliphatic hydroxyl groups excluding tert-OH is 1. The molecule has 2 saturated heterocycles. The molecule has 3 aromatic rings. The average molecular weight is 656 g/mol. The lowest BCUT2D eigenvalue weighted by Gasteiger charge is -2.32. The van der Waals surface area contributed by atoms with Crippen molar-refractivity contribution in [3.05, 3.63) is 89.5 Å². The summed E-state index contributed by atoms with van der Waals surface area (Å²) in [6.07, 6.45) is 1.67. The van der Waals surface area contributed by atoms with Gasteiger partial charge in [-0.1, -0.05) is 55.5 Å². The predicted octanol–water partition coefficient (Wildman–Crippen LogP) is 5.99. The Labute approximate surface area is 276 Å². The van der Waals surface area contributed by atoms with Crippen LogP contribution in [-0.4, -0.2) is 61.4 Å². The molecule has 1 N–H and O–H groups in total. The van der Waals surface area contributed by atoms with Crippen molar-refractivity contribution in [3.63, 3.8) is 0 Å². The molecule has 0 unspecified atom stereocenters. The number of carbonyl (C=O) groups excluding carboxylic acids is 3. The van der Waals surface area contributed by atoms with Gasteiger partial charge in [0.05, 0.1) is 43.1 Å². The van der Waals surface area contributed by atoms with Crippen molar-refractivity contribution >= 4 is 43.2 Å². The Morgan fingerprint density at radius 1 is 1.02 bits per heavy atom. The van der Waals surface area contributed by atoms with E-state index in [1.165, 1.54) is 0 Å². The van der Waals surface area contributed by atoms with Crippen LogP contribution in [-0.2, 0) is 37.7 Å². The lowest BCUT2D eigenvalue weighted by molar-refractivity contribution is -0.150. The summed E-state index contributed by atoms with van der Waals surface area (Å²) in [6.45, 7) is 5.86. The van der Waals surface area contributed by atoms with E-state index in [1.807, 2.05) is 79.7 Å². The van der Waals surface area contributed by atoms with Crippen LogP contribution in [0.4, 0.5) is 21.2 Å². The van der Waals surface area contributed by atoms with E-state index in [9.17, 15) is 19.5 Å². The molecule has 246 valence electrons. The number of likely N-dealkylation sites (tertiary alicyclic amines) is 1. The fourth-order valence-corrected chi connectivity index (χ4v) is 11.1. The number of rotatable bonds is 7. The number of hydrogen-bond donors (Lipinski definition) is 1. The molecule has 0 radical (unpaired) electrons. The second-order valence-electron chi connectivity index (χ2n) is 14.0. The molecule has 10 heteroatoms. The third-order valence-corrected chi connectivity index (χ3v) is 13.2. The molecule has 0 bridgehead atoms. The van der Waals surface area contributed by atoms with Crippen LogP contribution in [0.5, 0.6) is 0 Å². The summed E-state index contributed by atoms with van der Waals surface area (Å²) in [5, 5.41) is 9.89. The van der Waals surface area contributed by atoms with Crippen LogP contribution in [0.3, 0.4) is 0 Å². The highest BCUT2D eigenvalue weighted by atomic mass is 28.4. The minimum absolute atomic E-state index is 0.0359. The monoisotopic (exact) mass is 655 g/mol. The van der Waals surface area contributed by atoms with Crippen molar-refractivity contribution in [2.75, 3.05) is 23.0 Å². The number of benzene rings is 3. The van der Waals surface area contributed by atoms with E-state index >= 15 is 4.11 Å². The smallest absolute Gasteiger partial charge is 0.264 e. The molecule has 0 aliphatic carbocycles. The maximum atomic E-state index is 16.5. The highest BCUT2D eigenvalue weighted by molar-refractivity contribution is 6.72. The molecule has 4 aliphatic rings. The first-order valence-corrected chi connectivity index (χ1v) is 19.7. The quantitative estimate of drug-likeness (QED) is 0.250. The van der Waals surface area contributed by atoms with Gasteiger partial charge in [0.25, 0.3) is 5.91 Å². The van der Waals surface area contributed by atoms with E-state index in [4.69, 9.17) is 4.74 Å². The number of nitrogens with zero attached hydrogens (tertiary/aromatic N) is 3. The number of halogens is 1. The number of para-hydroxylation sites is 1. The van der Waals surface area contributed by atoms with E-state index in [2.05, 4.69) is 0 Å². The SMILES string of the molecule is C[C@@H]1[C@@H]([Si](C)(C)F)[C@H](CC(=O)N2CCC[C@H]2CO)O[C@@]12C(=O)N(Cc1ccccc1)c1ccc(N3C(=O)CCc4ccccc43)cc12. The van der Waals surface area contributed by atoms with E-state index < -0.39 is 31.6 Å². The summed E-state index contributed by atoms with van der Waals surface area (Å²) in [4.78, 5) is 47.2. The second kappa shape index (κ2) is 12.0. The van der Waals surface area contributed by atoms with Gasteiger partial charge in [-0.05, 0) is 67.7 Å². The second-order valence-corrected chi connectivity index (χ2v) is 17.8. The van der Waals surface area contributed by atoms with Crippen LogP contribution in [0.15, 0.2) is 72.8 Å². The van der Waals surface area contributed by atoms with E-state index in [1.54, 1.807) is 27.8 Å². The van der Waals surface area contributed by atoms with Gasteiger partial charge in [-0.15, -0.1) is 0 Å². The normalized spacial score (nSPS) is 27.1. The molecule has 47 heavy (non-hydrogen) atoms. The fraction of sp³-hybridized carbons (Fsp3) is 0.432. The Balaban J connectivity index is 1.34. The van der Waals surface area contributed by atoms with Crippen LogP contribution in [0.1, 0.15) is 49.3 Å². The zero-order valence-electron chi connectivity index (χ0n) is 27.2. The lowest BCUT2D eigenvalue weighted by atomic mass is 9.82. The number of aliphatic hydroxyl groups is 1. The van der Waals surface area contributed by atoms with Gasteiger partial charge in [-0.2, -0.15) is 0 Å². The minimum Gasteiger partial charge on any atom is -0.394 e. The van der Waals surface area contributed by atoms with Crippen LogP contribution in [0.25, 0.3) is 0 Å². The summed E-state index contributed by atoms with van der Waals surface area (Å²) in [6, 6.07) is 22.9. The number of ether oxygens (including phenoxy) is 1. The molecule has 7 rings (SSSR count). The van der Waals surface area contributed by atoms with Crippen LogP contribution in [0, 0.1) is 5.92 Å². The minimum atomic E-state index is -3.51. The Morgan fingerprint density at radius 3 is 2.51 bits per heavy atom. The topological polar surface area (TPSA) is 90.4 Å². The maximum Gasteiger partial charge on any atom is 0.264 e. The molecular weight excluding hydrogens is 614 g/mol. The number of amides is 3. The zero-order chi connectivity index (χ0) is 33.1. The fourth-order valence-electron chi connectivity index (χ4n) is 8.65. The Hall–Kier alpha value is -3.86. The molecule has 2 fully saturated rings. The molecule has 0 aromatic heterocycles. The summed E-state index contributed by atoms with van der Waals surface area (Å²) < 4.78 is 23.3. The molecule has 1 spiro atoms. The van der Waals surface area contributed by atoms with E-state index in [0.717, 1.165) is 29.7 Å². The largest absolute Gasteiger partial charge is 0.394 e. The van der Waals surface area contributed by atoms with Crippen LogP contribution >= 0.6 is 0 Å². The third kappa shape index (κ3) is 5.21. The summed E-state index contributed by atoms with van der Waals surface area (Å²) in [5.41, 5.74) is 2.53. The van der Waals surface area contributed by atoms with Crippen molar-refractivity contribution in [1.29, 1.82) is 0 Å². The number of aryl methyl sites for hydroxylation is 1.